The predicted molar refractivity (Wildman–Crippen MR) is 103 cm³/mol. The minimum atomic E-state index is -1.08. The highest BCUT2D eigenvalue weighted by molar-refractivity contribution is 8.03. The second-order valence-corrected chi connectivity index (χ2v) is 9.00. The van der Waals surface area contributed by atoms with Gasteiger partial charge in [-0.15, -0.1) is 11.8 Å². The SMILES string of the molecule is CC(O)[C@H]1C(=O)N2C(C(=O)O)=C(SC3CN(Cc4cnc(N)nc4)C3)[C@H](C)[C@H]12. The highest BCUT2D eigenvalue weighted by Crippen LogP contribution is 2.51. The van der Waals surface area contributed by atoms with Gasteiger partial charge in [-0.3, -0.25) is 9.69 Å². The first-order valence-electron chi connectivity index (χ1n) is 9.22. The van der Waals surface area contributed by atoms with Gasteiger partial charge in [0.2, 0.25) is 11.9 Å². The van der Waals surface area contributed by atoms with Gasteiger partial charge in [0, 0.05) is 53.7 Å². The Kier molecular flexibility index (Phi) is 4.80. The maximum absolute atomic E-state index is 12.4. The number of aliphatic hydroxyl groups is 1. The van der Waals surface area contributed by atoms with Crippen LogP contribution in [0.5, 0.6) is 0 Å². The van der Waals surface area contributed by atoms with Crippen LogP contribution >= 0.6 is 11.8 Å². The van der Waals surface area contributed by atoms with E-state index in [2.05, 4.69) is 14.9 Å². The van der Waals surface area contributed by atoms with Crippen LogP contribution in [0.3, 0.4) is 0 Å². The maximum atomic E-state index is 12.4. The number of amides is 1. The van der Waals surface area contributed by atoms with Gasteiger partial charge in [-0.25, -0.2) is 14.8 Å². The average molecular weight is 405 g/mol. The van der Waals surface area contributed by atoms with Crippen molar-refractivity contribution in [2.24, 2.45) is 11.8 Å². The molecule has 10 heteroatoms. The molecule has 1 aromatic heterocycles. The van der Waals surface area contributed by atoms with E-state index in [1.807, 2.05) is 6.92 Å². The summed E-state index contributed by atoms with van der Waals surface area (Å²) in [5.74, 6) is -1.74. The number of carboxylic acid groups (broad SMARTS) is 1. The lowest BCUT2D eigenvalue weighted by atomic mass is 9.79. The van der Waals surface area contributed by atoms with Crippen LogP contribution in [-0.2, 0) is 16.1 Å². The van der Waals surface area contributed by atoms with E-state index in [0.717, 1.165) is 30.1 Å². The highest BCUT2D eigenvalue weighted by Gasteiger charge is 2.60. The van der Waals surface area contributed by atoms with Crippen molar-refractivity contribution in [1.82, 2.24) is 19.8 Å². The first kappa shape index (κ1) is 19.2. The van der Waals surface area contributed by atoms with E-state index in [1.165, 1.54) is 4.90 Å². The number of nitrogens with two attached hydrogens (primary N) is 1. The fraction of sp³-hybridized carbons (Fsp3) is 0.556. The molecule has 0 saturated carbocycles. The highest BCUT2D eigenvalue weighted by atomic mass is 32.2. The van der Waals surface area contributed by atoms with Gasteiger partial charge in [-0.1, -0.05) is 6.92 Å². The number of anilines is 1. The molecule has 4 rings (SSSR count). The summed E-state index contributed by atoms with van der Waals surface area (Å²) in [5, 5.41) is 19.8. The van der Waals surface area contributed by atoms with Crippen LogP contribution in [-0.4, -0.2) is 72.3 Å². The number of thioether (sulfide) groups is 1. The second-order valence-electron chi connectivity index (χ2n) is 7.66. The number of aliphatic carboxylic acids is 1. The lowest BCUT2D eigenvalue weighted by Gasteiger charge is -2.46. The van der Waals surface area contributed by atoms with Crippen LogP contribution in [0.15, 0.2) is 23.0 Å². The smallest absolute Gasteiger partial charge is 0.353 e. The summed E-state index contributed by atoms with van der Waals surface area (Å²) in [7, 11) is 0. The number of likely N-dealkylation sites (tertiary alicyclic amines) is 1. The first-order valence-corrected chi connectivity index (χ1v) is 10.1. The molecule has 2 saturated heterocycles. The third-order valence-electron chi connectivity index (χ3n) is 5.66. The Bertz CT molecular complexity index is 837. The van der Waals surface area contributed by atoms with Crippen LogP contribution in [0.1, 0.15) is 19.4 Å². The number of nitrogen functional groups attached to an aromatic ring is 1. The molecule has 0 radical (unpaired) electrons. The minimum absolute atomic E-state index is 0.0899. The summed E-state index contributed by atoms with van der Waals surface area (Å²) in [6, 6.07) is -0.260. The van der Waals surface area contributed by atoms with Gasteiger partial charge in [0.05, 0.1) is 18.1 Å². The lowest BCUT2D eigenvalue weighted by molar-refractivity contribution is -0.163. The van der Waals surface area contributed by atoms with Crippen molar-refractivity contribution in [3.63, 3.8) is 0 Å². The molecule has 1 unspecified atom stereocenters. The molecule has 4 heterocycles. The molecule has 150 valence electrons. The molecule has 0 aliphatic carbocycles. The Hall–Kier alpha value is -2.17. The van der Waals surface area contributed by atoms with Gasteiger partial charge in [0.25, 0.3) is 0 Å². The standard InChI is InChI=1S/C18H23N5O4S/c1-8-13-12(9(2)24)16(25)23(13)14(17(26)27)15(8)28-11-6-22(7-11)5-10-3-20-18(19)21-4-10/h3-4,8-9,11-13,24H,5-7H2,1-2H3,(H,26,27)(H2,19,20,21)/t8-,9?,12-,13-/m1/s1. The van der Waals surface area contributed by atoms with E-state index in [0.29, 0.717) is 0 Å². The quantitative estimate of drug-likeness (QED) is 0.565. The summed E-state index contributed by atoms with van der Waals surface area (Å²) in [6.45, 7) is 5.88. The third-order valence-corrected chi connectivity index (χ3v) is 7.11. The van der Waals surface area contributed by atoms with Crippen molar-refractivity contribution in [1.29, 1.82) is 0 Å². The minimum Gasteiger partial charge on any atom is -0.477 e. The van der Waals surface area contributed by atoms with E-state index in [4.69, 9.17) is 5.73 Å². The zero-order valence-corrected chi connectivity index (χ0v) is 16.5. The Morgan fingerprint density at radius 3 is 2.61 bits per heavy atom. The van der Waals surface area contributed by atoms with Crippen LogP contribution in [0.2, 0.25) is 0 Å². The number of aromatic nitrogens is 2. The van der Waals surface area contributed by atoms with Gasteiger partial charge >= 0.3 is 5.97 Å². The number of aliphatic hydroxyl groups excluding tert-OH is 1. The number of carboxylic acids is 1. The van der Waals surface area contributed by atoms with E-state index < -0.39 is 18.0 Å². The zero-order chi connectivity index (χ0) is 20.2. The van der Waals surface area contributed by atoms with Gasteiger partial charge in [-0.05, 0) is 6.92 Å². The summed E-state index contributed by atoms with van der Waals surface area (Å²) in [6.07, 6.45) is 2.64. The average Bonchev–Trinajstić information content (AvgIpc) is 2.83. The van der Waals surface area contributed by atoms with E-state index in [-0.39, 0.29) is 34.8 Å². The van der Waals surface area contributed by atoms with Crippen LogP contribution in [0.25, 0.3) is 0 Å². The van der Waals surface area contributed by atoms with Gasteiger partial charge in [-0.2, -0.15) is 0 Å². The molecule has 0 aromatic carbocycles. The van der Waals surface area contributed by atoms with Crippen molar-refractivity contribution in [3.8, 4) is 0 Å². The van der Waals surface area contributed by atoms with Gasteiger partial charge < -0.3 is 20.8 Å². The van der Waals surface area contributed by atoms with Crippen molar-refractivity contribution in [2.45, 2.75) is 37.8 Å². The molecule has 4 atom stereocenters. The number of nitrogens with zero attached hydrogens (tertiary/aromatic N) is 4. The fourth-order valence-electron chi connectivity index (χ4n) is 4.29. The molecule has 2 fully saturated rings. The molecular weight excluding hydrogens is 382 g/mol. The zero-order valence-electron chi connectivity index (χ0n) is 15.6. The van der Waals surface area contributed by atoms with Crippen molar-refractivity contribution in [2.75, 3.05) is 18.8 Å². The first-order chi connectivity index (χ1) is 13.3. The number of carbonyl (C=O) groups excluding carboxylic acids is 1. The number of rotatable bonds is 6. The number of β-lactam (4-membered cyclic amide) rings is 1. The normalized spacial score (nSPS) is 28.8. The van der Waals surface area contributed by atoms with Crippen molar-refractivity contribution >= 4 is 29.6 Å². The van der Waals surface area contributed by atoms with E-state index in [1.54, 1.807) is 31.1 Å². The molecule has 4 N–H and O–H groups in total. The summed E-state index contributed by atoms with van der Waals surface area (Å²) in [5.41, 5.74) is 6.57. The largest absolute Gasteiger partial charge is 0.477 e. The van der Waals surface area contributed by atoms with Crippen molar-refractivity contribution < 1.29 is 19.8 Å². The van der Waals surface area contributed by atoms with Crippen LogP contribution < -0.4 is 5.73 Å². The molecule has 28 heavy (non-hydrogen) atoms. The molecule has 3 aliphatic rings. The summed E-state index contributed by atoms with van der Waals surface area (Å²) >= 11 is 1.55. The number of carbonyl (C=O) groups is 2. The third kappa shape index (κ3) is 3.05. The van der Waals surface area contributed by atoms with Crippen LogP contribution in [0.4, 0.5) is 5.95 Å². The number of hydrogen-bond donors (Lipinski definition) is 3. The van der Waals surface area contributed by atoms with E-state index >= 15 is 0 Å². The Morgan fingerprint density at radius 2 is 2.04 bits per heavy atom. The lowest BCUT2D eigenvalue weighted by Crippen LogP contribution is -2.63. The molecule has 0 bridgehead atoms. The Labute approximate surface area is 166 Å². The number of fused-ring (bicyclic) bond motifs is 1. The van der Waals surface area contributed by atoms with Crippen LogP contribution in [0, 0.1) is 11.8 Å². The van der Waals surface area contributed by atoms with E-state index in [9.17, 15) is 19.8 Å². The second kappa shape index (κ2) is 7.02. The van der Waals surface area contributed by atoms with Gasteiger partial charge in [0.15, 0.2) is 0 Å². The monoisotopic (exact) mass is 405 g/mol. The summed E-state index contributed by atoms with van der Waals surface area (Å²) < 4.78 is 0. The Balaban J connectivity index is 1.41. The molecule has 1 aromatic rings. The predicted octanol–water partition coefficient (Wildman–Crippen LogP) is 0.130. The number of hydrogen-bond acceptors (Lipinski definition) is 8. The fourth-order valence-corrected chi connectivity index (χ4v) is 5.87. The molecule has 1 amide bonds. The molecule has 0 spiro atoms. The molecular formula is C18H23N5O4S. The van der Waals surface area contributed by atoms with Gasteiger partial charge in [0.1, 0.15) is 5.70 Å². The summed E-state index contributed by atoms with van der Waals surface area (Å²) in [4.78, 5) is 36.5. The topological polar surface area (TPSA) is 133 Å². The molecule has 9 nitrogen and oxygen atoms in total. The van der Waals surface area contributed by atoms with Crippen molar-refractivity contribution in [3.05, 3.63) is 28.6 Å². The maximum Gasteiger partial charge on any atom is 0.353 e. The molecule has 3 aliphatic heterocycles. The Morgan fingerprint density at radius 1 is 1.39 bits per heavy atom.